The van der Waals surface area contributed by atoms with Gasteiger partial charge in [-0.3, -0.25) is 9.69 Å². The topological polar surface area (TPSA) is 63.4 Å². The normalized spacial score (nSPS) is 10.7. The van der Waals surface area contributed by atoms with E-state index in [0.29, 0.717) is 17.9 Å². The molecule has 0 fully saturated rings. The van der Waals surface area contributed by atoms with Gasteiger partial charge in [0.25, 0.3) is 5.91 Å². The number of hydrogen-bond acceptors (Lipinski definition) is 2. The Labute approximate surface area is 151 Å². The molecular formula is C21H28N2O2. The molecule has 4 heteroatoms. The van der Waals surface area contributed by atoms with Crippen molar-refractivity contribution in [3.8, 4) is 0 Å². The predicted molar refractivity (Wildman–Crippen MR) is 102 cm³/mol. The molecular weight excluding hydrogens is 312 g/mol. The highest BCUT2D eigenvalue weighted by molar-refractivity contribution is 6.03. The molecule has 4 nitrogen and oxygen atoms in total. The van der Waals surface area contributed by atoms with E-state index in [9.17, 15) is 9.59 Å². The minimum Gasteiger partial charge on any atom is -0.351 e. The van der Waals surface area contributed by atoms with Crippen molar-refractivity contribution in [2.75, 3.05) is 6.54 Å². The van der Waals surface area contributed by atoms with Gasteiger partial charge in [-0.1, -0.05) is 56.3 Å². The number of rotatable bonds is 7. The van der Waals surface area contributed by atoms with Crippen LogP contribution >= 0.6 is 0 Å². The molecule has 0 bridgehead atoms. The van der Waals surface area contributed by atoms with Crippen molar-refractivity contribution in [1.29, 1.82) is 0 Å². The second-order valence-electron chi connectivity index (χ2n) is 6.66. The molecule has 3 amide bonds. The smallest absolute Gasteiger partial charge is 0.321 e. The van der Waals surface area contributed by atoms with Crippen LogP contribution in [0.1, 0.15) is 43.2 Å². The van der Waals surface area contributed by atoms with E-state index in [4.69, 9.17) is 5.73 Å². The number of benzene rings is 2. The van der Waals surface area contributed by atoms with Gasteiger partial charge in [0, 0.05) is 13.5 Å². The van der Waals surface area contributed by atoms with E-state index in [1.807, 2.05) is 48.5 Å². The third-order valence-electron chi connectivity index (χ3n) is 4.16. The number of nitrogens with two attached hydrogens (primary N) is 1. The fourth-order valence-electron chi connectivity index (χ4n) is 2.67. The summed E-state index contributed by atoms with van der Waals surface area (Å²) in [5, 5.41) is 0. The van der Waals surface area contributed by atoms with Gasteiger partial charge in [-0.25, -0.2) is 4.79 Å². The average molecular weight is 340 g/mol. The number of carbonyl (C=O) groups excluding carboxylic acids is 2. The molecule has 134 valence electrons. The molecule has 0 spiro atoms. The second kappa shape index (κ2) is 9.02. The van der Waals surface area contributed by atoms with Crippen LogP contribution in [0.15, 0.2) is 54.6 Å². The Bertz CT molecular complexity index is 717. The van der Waals surface area contributed by atoms with Gasteiger partial charge in [0.1, 0.15) is 0 Å². The third-order valence-corrected chi connectivity index (χ3v) is 4.16. The van der Waals surface area contributed by atoms with Gasteiger partial charge in [-0.15, -0.1) is 0 Å². The van der Waals surface area contributed by atoms with Crippen LogP contribution in [0.25, 0.3) is 0 Å². The van der Waals surface area contributed by atoms with Crippen LogP contribution in [-0.4, -0.2) is 23.4 Å². The maximum Gasteiger partial charge on any atom is 0.321 e. The summed E-state index contributed by atoms with van der Waals surface area (Å²) < 4.78 is 0. The zero-order valence-electron chi connectivity index (χ0n) is 14.9. The van der Waals surface area contributed by atoms with Crippen molar-refractivity contribution in [1.82, 2.24) is 4.90 Å². The highest BCUT2D eigenvalue weighted by atomic mass is 16.2. The molecule has 0 aliphatic heterocycles. The molecule has 2 rings (SSSR count). The Morgan fingerprint density at radius 2 is 1.68 bits per heavy atom. The van der Waals surface area contributed by atoms with Gasteiger partial charge >= 0.3 is 6.03 Å². The van der Waals surface area contributed by atoms with Crippen LogP contribution in [0.4, 0.5) is 4.79 Å². The van der Waals surface area contributed by atoms with E-state index >= 15 is 0 Å². The van der Waals surface area contributed by atoms with Crippen molar-refractivity contribution in [3.05, 3.63) is 71.3 Å². The van der Waals surface area contributed by atoms with Crippen LogP contribution in [0.2, 0.25) is 0 Å². The van der Waals surface area contributed by atoms with Crippen LogP contribution in [0, 0.1) is 5.92 Å². The SMILES string of the molecule is CC(C)CCc1cccc(C(=O)N(CCc2ccccc2)C(N)=O)c1.[HH]. The summed E-state index contributed by atoms with van der Waals surface area (Å²) in [6.45, 7) is 4.62. The standard InChI is InChI=1S/C21H26N2O2.H2/c1-16(2)11-12-18-9-6-10-19(15-18)20(24)23(21(22)25)14-13-17-7-4-3-5-8-17;/h3-10,15-16H,11-14H2,1-2H3,(H2,22,25);1H. The number of nitrogens with zero attached hydrogens (tertiary/aromatic N) is 1. The Balaban J connectivity index is 0.00000338. The maximum atomic E-state index is 12.7. The number of amides is 3. The molecule has 0 aromatic heterocycles. The van der Waals surface area contributed by atoms with Crippen molar-refractivity contribution in [3.63, 3.8) is 0 Å². The van der Waals surface area contributed by atoms with E-state index in [0.717, 1.165) is 28.9 Å². The lowest BCUT2D eigenvalue weighted by Crippen LogP contribution is -2.42. The lowest BCUT2D eigenvalue weighted by atomic mass is 10.0. The van der Waals surface area contributed by atoms with Crippen molar-refractivity contribution < 1.29 is 11.0 Å². The molecule has 2 N–H and O–H groups in total. The molecule has 0 heterocycles. The maximum absolute atomic E-state index is 12.7. The molecule has 0 aliphatic rings. The molecule has 0 saturated carbocycles. The van der Waals surface area contributed by atoms with Crippen LogP contribution in [0.5, 0.6) is 0 Å². The number of aryl methyl sites for hydroxylation is 1. The number of urea groups is 1. The molecule has 0 aliphatic carbocycles. The number of carbonyl (C=O) groups is 2. The summed E-state index contributed by atoms with van der Waals surface area (Å²) in [6.07, 6.45) is 2.56. The van der Waals surface area contributed by atoms with Gasteiger partial charge in [-0.2, -0.15) is 0 Å². The monoisotopic (exact) mass is 340 g/mol. The van der Waals surface area contributed by atoms with Crippen molar-refractivity contribution >= 4 is 11.9 Å². The third kappa shape index (κ3) is 5.75. The largest absolute Gasteiger partial charge is 0.351 e. The van der Waals surface area contributed by atoms with E-state index in [1.165, 1.54) is 0 Å². The van der Waals surface area contributed by atoms with Crippen molar-refractivity contribution in [2.24, 2.45) is 11.7 Å². The highest BCUT2D eigenvalue weighted by Crippen LogP contribution is 2.13. The zero-order chi connectivity index (χ0) is 18.2. The first-order chi connectivity index (χ1) is 12.0. The van der Waals surface area contributed by atoms with Gasteiger partial charge < -0.3 is 5.73 Å². The quantitative estimate of drug-likeness (QED) is 0.817. The molecule has 25 heavy (non-hydrogen) atoms. The van der Waals surface area contributed by atoms with Crippen LogP contribution < -0.4 is 5.73 Å². The number of primary amides is 1. The fraction of sp³-hybridized carbons (Fsp3) is 0.333. The first-order valence-electron chi connectivity index (χ1n) is 8.71. The van der Waals surface area contributed by atoms with Gasteiger partial charge in [-0.05, 0) is 48.4 Å². The Morgan fingerprint density at radius 1 is 1.00 bits per heavy atom. The molecule has 2 aromatic rings. The van der Waals surface area contributed by atoms with E-state index in [-0.39, 0.29) is 13.9 Å². The summed E-state index contributed by atoms with van der Waals surface area (Å²) in [7, 11) is 0. The lowest BCUT2D eigenvalue weighted by molar-refractivity contribution is 0.0809. The molecule has 0 radical (unpaired) electrons. The van der Waals surface area contributed by atoms with Gasteiger partial charge in [0.05, 0.1) is 0 Å². The minimum atomic E-state index is -0.714. The number of hydrogen-bond donors (Lipinski definition) is 1. The summed E-state index contributed by atoms with van der Waals surface area (Å²) in [5.41, 5.74) is 8.12. The summed E-state index contributed by atoms with van der Waals surface area (Å²) >= 11 is 0. The molecule has 2 aromatic carbocycles. The molecule has 0 atom stereocenters. The Hall–Kier alpha value is -2.62. The zero-order valence-corrected chi connectivity index (χ0v) is 14.9. The van der Waals surface area contributed by atoms with Crippen LogP contribution in [-0.2, 0) is 12.8 Å². The van der Waals surface area contributed by atoms with E-state index < -0.39 is 6.03 Å². The minimum absolute atomic E-state index is 0. The first-order valence-corrected chi connectivity index (χ1v) is 8.71. The first kappa shape index (κ1) is 18.7. The highest BCUT2D eigenvalue weighted by Gasteiger charge is 2.20. The Morgan fingerprint density at radius 3 is 2.32 bits per heavy atom. The molecule has 0 saturated heterocycles. The fourth-order valence-corrected chi connectivity index (χ4v) is 2.67. The predicted octanol–water partition coefficient (Wildman–Crippen LogP) is 4.28. The Kier molecular flexibility index (Phi) is 6.75. The summed E-state index contributed by atoms with van der Waals surface area (Å²) in [4.78, 5) is 25.6. The van der Waals surface area contributed by atoms with Crippen molar-refractivity contribution in [2.45, 2.75) is 33.1 Å². The summed E-state index contributed by atoms with van der Waals surface area (Å²) in [5.74, 6) is 0.266. The van der Waals surface area contributed by atoms with E-state index in [1.54, 1.807) is 6.07 Å². The lowest BCUT2D eigenvalue weighted by Gasteiger charge is -2.19. The average Bonchev–Trinajstić information content (AvgIpc) is 2.61. The van der Waals surface area contributed by atoms with Gasteiger partial charge in [0.15, 0.2) is 0 Å². The van der Waals surface area contributed by atoms with Gasteiger partial charge in [0.2, 0.25) is 0 Å². The summed E-state index contributed by atoms with van der Waals surface area (Å²) in [6, 6.07) is 16.5. The van der Waals surface area contributed by atoms with E-state index in [2.05, 4.69) is 13.8 Å². The number of imide groups is 1. The molecule has 0 unspecified atom stereocenters. The van der Waals surface area contributed by atoms with Crippen LogP contribution in [0.3, 0.4) is 0 Å². The second-order valence-corrected chi connectivity index (χ2v) is 6.66.